The zero-order chi connectivity index (χ0) is 22.0. The Kier molecular flexibility index (Phi) is 5.98. The van der Waals surface area contributed by atoms with Gasteiger partial charge in [0.1, 0.15) is 11.8 Å². The molecule has 1 aliphatic carbocycles. The molecular formula is C19H24FN7O4. The molecule has 1 saturated carbocycles. The summed E-state index contributed by atoms with van der Waals surface area (Å²) in [5.41, 5.74) is 5.95. The molecule has 31 heavy (non-hydrogen) atoms. The molecule has 11 nitrogen and oxygen atoms in total. The van der Waals surface area contributed by atoms with Crippen LogP contribution in [0, 0.1) is 5.82 Å². The van der Waals surface area contributed by atoms with Crippen LogP contribution in [0.3, 0.4) is 0 Å². The highest BCUT2D eigenvalue weighted by atomic mass is 19.1. The minimum absolute atomic E-state index is 0.0361. The third-order valence-corrected chi connectivity index (χ3v) is 5.41. The summed E-state index contributed by atoms with van der Waals surface area (Å²) in [4.78, 5) is 31.7. The zero-order valence-corrected chi connectivity index (χ0v) is 17.3. The summed E-state index contributed by atoms with van der Waals surface area (Å²) in [6, 6.07) is -0.0361. The number of anilines is 2. The molecule has 1 amide bonds. The second-order valence-corrected chi connectivity index (χ2v) is 7.37. The standard InChI is InChI=1S/C19H24FN7O4/c1-26(19(28)29-2)12-7-13(8-12)31-16-14(20)15(11-9-22-17(21)23-10-11)24-18(25-16)27-3-5-30-6-4-27/h9-10,12-13H,3-8H2,1-2H3,(H2,21,22,23)/t12-,13-. The zero-order valence-electron chi connectivity index (χ0n) is 17.3. The van der Waals surface area contributed by atoms with Gasteiger partial charge in [0, 0.05) is 57.0 Å². The quantitative estimate of drug-likeness (QED) is 0.732. The first-order valence-electron chi connectivity index (χ1n) is 9.91. The van der Waals surface area contributed by atoms with Crippen LogP contribution in [0.1, 0.15) is 12.8 Å². The fourth-order valence-electron chi connectivity index (χ4n) is 3.45. The number of rotatable bonds is 5. The van der Waals surface area contributed by atoms with E-state index in [4.69, 9.17) is 19.9 Å². The van der Waals surface area contributed by atoms with E-state index in [1.165, 1.54) is 24.4 Å². The molecule has 0 radical (unpaired) electrons. The van der Waals surface area contributed by atoms with Gasteiger partial charge in [0.25, 0.3) is 5.88 Å². The Morgan fingerprint density at radius 1 is 1.26 bits per heavy atom. The molecule has 12 heteroatoms. The SMILES string of the molecule is COC(=O)N(C)[C@H]1C[C@H](Oc2nc(N3CCOCC3)nc(-c3cnc(N)nc3)c2F)C1. The largest absolute Gasteiger partial charge is 0.472 e. The molecule has 2 aromatic rings. The number of aromatic nitrogens is 4. The Hall–Kier alpha value is -3.28. The highest BCUT2D eigenvalue weighted by molar-refractivity contribution is 5.67. The molecular weight excluding hydrogens is 409 g/mol. The highest BCUT2D eigenvalue weighted by Crippen LogP contribution is 2.33. The van der Waals surface area contributed by atoms with Crippen molar-refractivity contribution in [1.29, 1.82) is 0 Å². The fraction of sp³-hybridized carbons (Fsp3) is 0.526. The topological polar surface area (TPSA) is 129 Å². The minimum Gasteiger partial charge on any atom is -0.472 e. The van der Waals surface area contributed by atoms with Crippen LogP contribution in [-0.4, -0.2) is 83.5 Å². The molecule has 0 bridgehead atoms. The predicted molar refractivity (Wildman–Crippen MR) is 108 cm³/mol. The Bertz CT molecular complexity index is 934. The summed E-state index contributed by atoms with van der Waals surface area (Å²) in [6.45, 7) is 2.22. The lowest BCUT2D eigenvalue weighted by molar-refractivity contribution is 0.0226. The Balaban J connectivity index is 1.58. The van der Waals surface area contributed by atoms with Gasteiger partial charge in [-0.3, -0.25) is 0 Å². The van der Waals surface area contributed by atoms with Crippen molar-refractivity contribution in [2.24, 2.45) is 0 Å². The number of halogens is 1. The van der Waals surface area contributed by atoms with Crippen LogP contribution >= 0.6 is 0 Å². The number of amides is 1. The number of hydrogen-bond acceptors (Lipinski definition) is 10. The van der Waals surface area contributed by atoms with E-state index in [0.29, 0.717) is 50.7 Å². The number of carbonyl (C=O) groups excluding carboxylic acids is 1. The Morgan fingerprint density at radius 2 is 1.94 bits per heavy atom. The first-order chi connectivity index (χ1) is 15.0. The van der Waals surface area contributed by atoms with Gasteiger partial charge in [-0.05, 0) is 0 Å². The Morgan fingerprint density at radius 3 is 2.58 bits per heavy atom. The van der Waals surface area contributed by atoms with E-state index in [1.54, 1.807) is 7.05 Å². The third kappa shape index (κ3) is 4.43. The Labute approximate surface area is 178 Å². The van der Waals surface area contributed by atoms with E-state index in [1.807, 2.05) is 4.90 Å². The van der Waals surface area contributed by atoms with Crippen molar-refractivity contribution in [3.8, 4) is 17.1 Å². The summed E-state index contributed by atoms with van der Waals surface area (Å²) in [5.74, 6) is -0.421. The molecule has 1 saturated heterocycles. The lowest BCUT2D eigenvalue weighted by Crippen LogP contribution is -2.50. The van der Waals surface area contributed by atoms with E-state index in [-0.39, 0.29) is 29.7 Å². The van der Waals surface area contributed by atoms with E-state index in [0.717, 1.165) is 0 Å². The molecule has 4 rings (SSSR count). The average molecular weight is 433 g/mol. The second kappa shape index (κ2) is 8.84. The van der Waals surface area contributed by atoms with Gasteiger partial charge in [0.05, 0.1) is 20.3 Å². The van der Waals surface area contributed by atoms with E-state index in [9.17, 15) is 4.79 Å². The van der Waals surface area contributed by atoms with Crippen molar-refractivity contribution in [2.45, 2.75) is 25.0 Å². The summed E-state index contributed by atoms with van der Waals surface area (Å²) >= 11 is 0. The lowest BCUT2D eigenvalue weighted by atomic mass is 9.88. The van der Waals surface area contributed by atoms with Gasteiger partial charge >= 0.3 is 6.09 Å². The average Bonchev–Trinajstić information content (AvgIpc) is 2.77. The van der Waals surface area contributed by atoms with Gasteiger partial charge in [0.15, 0.2) is 0 Å². The van der Waals surface area contributed by atoms with Gasteiger partial charge in [-0.2, -0.15) is 9.37 Å². The normalized spacial score (nSPS) is 20.7. The molecule has 2 fully saturated rings. The smallest absolute Gasteiger partial charge is 0.409 e. The van der Waals surface area contributed by atoms with E-state index >= 15 is 4.39 Å². The van der Waals surface area contributed by atoms with Crippen LogP contribution in [-0.2, 0) is 9.47 Å². The number of nitrogen functional groups attached to an aromatic ring is 1. The number of morpholine rings is 1. The van der Waals surface area contributed by atoms with Crippen molar-refractivity contribution >= 4 is 18.0 Å². The molecule has 3 heterocycles. The molecule has 2 N–H and O–H groups in total. The number of nitrogens with two attached hydrogens (primary N) is 1. The summed E-state index contributed by atoms with van der Waals surface area (Å²) < 4.78 is 31.3. The van der Waals surface area contributed by atoms with Gasteiger partial charge in [-0.15, -0.1) is 0 Å². The summed E-state index contributed by atoms with van der Waals surface area (Å²) in [6.07, 6.45) is 3.20. The molecule has 1 aliphatic heterocycles. The maximum Gasteiger partial charge on any atom is 0.409 e. The van der Waals surface area contributed by atoms with Crippen molar-refractivity contribution in [1.82, 2.24) is 24.8 Å². The predicted octanol–water partition coefficient (Wildman–Crippen LogP) is 1.10. The maximum absolute atomic E-state index is 15.3. The number of hydrogen-bond donors (Lipinski definition) is 1. The monoisotopic (exact) mass is 433 g/mol. The van der Waals surface area contributed by atoms with Crippen molar-refractivity contribution in [2.75, 3.05) is 51.1 Å². The summed E-state index contributed by atoms with van der Waals surface area (Å²) in [5, 5.41) is 0. The fourth-order valence-corrected chi connectivity index (χ4v) is 3.45. The first-order valence-corrected chi connectivity index (χ1v) is 9.91. The molecule has 0 spiro atoms. The first kappa shape index (κ1) is 21.0. The van der Waals surface area contributed by atoms with Crippen LogP contribution in [0.15, 0.2) is 12.4 Å². The summed E-state index contributed by atoms with van der Waals surface area (Å²) in [7, 11) is 2.99. The van der Waals surface area contributed by atoms with Crippen LogP contribution < -0.4 is 15.4 Å². The lowest BCUT2D eigenvalue weighted by Gasteiger charge is -2.39. The van der Waals surface area contributed by atoms with Crippen LogP contribution in [0.2, 0.25) is 0 Å². The second-order valence-electron chi connectivity index (χ2n) is 7.37. The van der Waals surface area contributed by atoms with Gasteiger partial charge in [-0.1, -0.05) is 0 Å². The molecule has 166 valence electrons. The number of methoxy groups -OCH3 is 1. The van der Waals surface area contributed by atoms with Crippen molar-refractivity contribution in [3.63, 3.8) is 0 Å². The number of nitrogens with zero attached hydrogens (tertiary/aromatic N) is 6. The molecule has 2 aliphatic rings. The maximum atomic E-state index is 15.3. The molecule has 0 unspecified atom stereocenters. The van der Waals surface area contributed by atoms with Crippen molar-refractivity contribution < 1.29 is 23.4 Å². The number of ether oxygens (including phenoxy) is 3. The van der Waals surface area contributed by atoms with E-state index < -0.39 is 11.9 Å². The van der Waals surface area contributed by atoms with Crippen LogP contribution in [0.5, 0.6) is 5.88 Å². The highest BCUT2D eigenvalue weighted by Gasteiger charge is 2.37. The van der Waals surface area contributed by atoms with Gasteiger partial charge < -0.3 is 29.7 Å². The van der Waals surface area contributed by atoms with Crippen molar-refractivity contribution in [3.05, 3.63) is 18.2 Å². The molecule has 2 aromatic heterocycles. The molecule has 0 atom stereocenters. The third-order valence-electron chi connectivity index (χ3n) is 5.41. The van der Waals surface area contributed by atoms with Gasteiger partial charge in [-0.25, -0.2) is 19.7 Å². The molecule has 0 aromatic carbocycles. The van der Waals surface area contributed by atoms with Crippen LogP contribution in [0.4, 0.5) is 21.1 Å². The van der Waals surface area contributed by atoms with Crippen LogP contribution in [0.25, 0.3) is 11.3 Å². The van der Waals surface area contributed by atoms with Gasteiger partial charge in [0.2, 0.25) is 17.7 Å². The number of carbonyl (C=O) groups is 1. The minimum atomic E-state index is -0.699. The van der Waals surface area contributed by atoms with E-state index in [2.05, 4.69) is 19.9 Å².